The number of aryl methyl sites for hydroxylation is 1. The summed E-state index contributed by atoms with van der Waals surface area (Å²) >= 11 is 5.95. The summed E-state index contributed by atoms with van der Waals surface area (Å²) in [6, 6.07) is 14.7. The molecule has 0 radical (unpaired) electrons. The van der Waals surface area contributed by atoms with Crippen LogP contribution in [0.4, 0.5) is 0 Å². The lowest BCUT2D eigenvalue weighted by molar-refractivity contribution is -0.140. The van der Waals surface area contributed by atoms with Gasteiger partial charge in [-0.15, -0.1) is 0 Å². The van der Waals surface area contributed by atoms with Crippen molar-refractivity contribution in [3.63, 3.8) is 0 Å². The second kappa shape index (κ2) is 9.39. The van der Waals surface area contributed by atoms with Gasteiger partial charge in [0.15, 0.2) is 0 Å². The van der Waals surface area contributed by atoms with Gasteiger partial charge in [0, 0.05) is 18.6 Å². The quantitative estimate of drug-likeness (QED) is 0.804. The number of carbonyl (C=O) groups is 2. The molecule has 0 unspecified atom stereocenters. The van der Waals surface area contributed by atoms with E-state index in [-0.39, 0.29) is 18.2 Å². The van der Waals surface area contributed by atoms with E-state index in [0.717, 1.165) is 16.7 Å². The van der Waals surface area contributed by atoms with Crippen LogP contribution in [0, 0.1) is 6.92 Å². The molecule has 0 aliphatic rings. The van der Waals surface area contributed by atoms with Gasteiger partial charge in [0.05, 0.1) is 6.42 Å². The van der Waals surface area contributed by atoms with Crippen molar-refractivity contribution in [1.82, 2.24) is 10.2 Å². The van der Waals surface area contributed by atoms with E-state index in [1.54, 1.807) is 24.1 Å². The topological polar surface area (TPSA) is 49.4 Å². The maximum atomic E-state index is 13.1. The molecule has 4 nitrogen and oxygen atoms in total. The number of carbonyl (C=O) groups excluding carboxylic acids is 2. The van der Waals surface area contributed by atoms with Crippen LogP contribution in [0.3, 0.4) is 0 Å². The van der Waals surface area contributed by atoms with Crippen LogP contribution in [0.15, 0.2) is 48.5 Å². The smallest absolute Gasteiger partial charge is 0.242 e. The summed E-state index contributed by atoms with van der Waals surface area (Å²) in [5, 5.41) is 3.31. The second-order valence-corrected chi connectivity index (χ2v) is 6.73. The summed E-state index contributed by atoms with van der Waals surface area (Å²) in [6.07, 6.45) is 0.820. The Bertz CT molecular complexity index is 759. The summed E-state index contributed by atoms with van der Waals surface area (Å²) in [4.78, 5) is 27.1. The highest BCUT2D eigenvalue weighted by Gasteiger charge is 2.28. The number of benzene rings is 2. The van der Waals surface area contributed by atoms with Crippen LogP contribution < -0.4 is 5.32 Å². The van der Waals surface area contributed by atoms with Gasteiger partial charge >= 0.3 is 0 Å². The maximum absolute atomic E-state index is 13.1. The number of hydrogen-bond acceptors (Lipinski definition) is 2. The van der Waals surface area contributed by atoms with Gasteiger partial charge in [-0.3, -0.25) is 9.59 Å². The van der Waals surface area contributed by atoms with Gasteiger partial charge in [0.2, 0.25) is 11.8 Å². The summed E-state index contributed by atoms with van der Waals surface area (Å²) < 4.78 is 0. The van der Waals surface area contributed by atoms with Gasteiger partial charge in [0.1, 0.15) is 6.04 Å². The zero-order chi connectivity index (χ0) is 19.1. The van der Waals surface area contributed by atoms with Gasteiger partial charge in [-0.1, -0.05) is 54.9 Å². The largest absolute Gasteiger partial charge is 0.357 e. The molecule has 0 bridgehead atoms. The summed E-state index contributed by atoms with van der Waals surface area (Å²) in [5.41, 5.74) is 2.99. The monoisotopic (exact) mass is 372 g/mol. The first-order valence-corrected chi connectivity index (χ1v) is 9.14. The van der Waals surface area contributed by atoms with E-state index >= 15 is 0 Å². The van der Waals surface area contributed by atoms with Crippen molar-refractivity contribution in [2.45, 2.75) is 39.3 Å². The molecule has 138 valence electrons. The van der Waals surface area contributed by atoms with E-state index in [0.29, 0.717) is 18.0 Å². The number of amides is 2. The molecular weight excluding hydrogens is 348 g/mol. The van der Waals surface area contributed by atoms with Crippen LogP contribution in [0.2, 0.25) is 5.02 Å². The Hall–Kier alpha value is -2.33. The van der Waals surface area contributed by atoms with Crippen LogP contribution >= 0.6 is 11.6 Å². The van der Waals surface area contributed by atoms with Gasteiger partial charge in [-0.2, -0.15) is 0 Å². The molecule has 0 aliphatic carbocycles. The average Bonchev–Trinajstić information content (AvgIpc) is 2.64. The predicted octanol–water partition coefficient (Wildman–Crippen LogP) is 3.74. The van der Waals surface area contributed by atoms with E-state index in [4.69, 9.17) is 11.6 Å². The summed E-state index contributed by atoms with van der Waals surface area (Å²) in [7, 11) is 1.59. The first-order valence-electron chi connectivity index (χ1n) is 8.76. The van der Waals surface area contributed by atoms with Crippen molar-refractivity contribution in [3.8, 4) is 0 Å². The van der Waals surface area contributed by atoms with Crippen molar-refractivity contribution in [1.29, 1.82) is 0 Å². The van der Waals surface area contributed by atoms with Crippen LogP contribution in [0.25, 0.3) is 0 Å². The van der Waals surface area contributed by atoms with E-state index in [1.807, 2.05) is 50.2 Å². The number of nitrogens with one attached hydrogen (secondary N) is 1. The number of likely N-dealkylation sites (N-methyl/N-ethyl adjacent to an activating group) is 1. The third-order valence-corrected chi connectivity index (χ3v) is 4.75. The third kappa shape index (κ3) is 5.09. The Morgan fingerprint density at radius 3 is 2.35 bits per heavy atom. The van der Waals surface area contributed by atoms with Crippen molar-refractivity contribution >= 4 is 23.4 Å². The minimum Gasteiger partial charge on any atom is -0.357 e. The Balaban J connectivity index is 2.29. The van der Waals surface area contributed by atoms with E-state index in [2.05, 4.69) is 5.32 Å². The van der Waals surface area contributed by atoms with Crippen molar-refractivity contribution < 1.29 is 9.59 Å². The Kier molecular flexibility index (Phi) is 7.22. The predicted molar refractivity (Wildman–Crippen MR) is 105 cm³/mol. The maximum Gasteiger partial charge on any atom is 0.242 e. The van der Waals surface area contributed by atoms with Crippen LogP contribution in [-0.4, -0.2) is 29.8 Å². The van der Waals surface area contributed by atoms with Crippen molar-refractivity contribution in [3.05, 3.63) is 70.2 Å². The van der Waals surface area contributed by atoms with Gasteiger partial charge < -0.3 is 10.2 Å². The average molecular weight is 373 g/mol. The molecule has 2 aromatic rings. The molecule has 2 rings (SSSR count). The van der Waals surface area contributed by atoms with E-state index < -0.39 is 6.04 Å². The highest BCUT2D eigenvalue weighted by Crippen LogP contribution is 2.17. The van der Waals surface area contributed by atoms with Crippen LogP contribution in [0.5, 0.6) is 0 Å². The first kappa shape index (κ1) is 20.0. The van der Waals surface area contributed by atoms with Gasteiger partial charge in [0.25, 0.3) is 0 Å². The zero-order valence-electron chi connectivity index (χ0n) is 15.5. The standard InChI is InChI=1S/C21H25ClN2O2/c1-4-19(21(26)23-3)24(14-16-9-11-18(22)12-10-16)20(25)13-17-8-6-5-7-15(17)2/h5-12,19H,4,13-14H2,1-3H3,(H,23,26)/t19-/m0/s1. The molecule has 0 heterocycles. The fraction of sp³-hybridized carbons (Fsp3) is 0.333. The highest BCUT2D eigenvalue weighted by molar-refractivity contribution is 6.30. The summed E-state index contributed by atoms with van der Waals surface area (Å²) in [5.74, 6) is -0.218. The normalized spacial score (nSPS) is 11.7. The highest BCUT2D eigenvalue weighted by atomic mass is 35.5. The van der Waals surface area contributed by atoms with Crippen molar-refractivity contribution in [2.24, 2.45) is 0 Å². The molecule has 2 amide bonds. The molecule has 0 saturated carbocycles. The molecule has 0 aliphatic heterocycles. The molecule has 2 aromatic carbocycles. The van der Waals surface area contributed by atoms with E-state index in [1.165, 1.54) is 0 Å². The van der Waals surface area contributed by atoms with Gasteiger partial charge in [-0.25, -0.2) is 0 Å². The third-order valence-electron chi connectivity index (χ3n) is 4.50. The fourth-order valence-electron chi connectivity index (χ4n) is 2.95. The minimum atomic E-state index is -0.507. The SMILES string of the molecule is CC[C@@H](C(=O)NC)N(Cc1ccc(Cl)cc1)C(=O)Cc1ccccc1C. The Morgan fingerprint density at radius 1 is 1.12 bits per heavy atom. The molecule has 0 saturated heterocycles. The second-order valence-electron chi connectivity index (χ2n) is 6.29. The zero-order valence-corrected chi connectivity index (χ0v) is 16.2. The lowest BCUT2D eigenvalue weighted by Gasteiger charge is -2.30. The lowest BCUT2D eigenvalue weighted by atomic mass is 10.0. The molecule has 1 atom stereocenters. The van der Waals surface area contributed by atoms with Crippen molar-refractivity contribution in [2.75, 3.05) is 7.05 Å². The molecule has 0 aromatic heterocycles. The summed E-state index contributed by atoms with van der Waals surface area (Å²) in [6.45, 7) is 4.27. The lowest BCUT2D eigenvalue weighted by Crippen LogP contribution is -2.48. The van der Waals surface area contributed by atoms with E-state index in [9.17, 15) is 9.59 Å². The molecule has 26 heavy (non-hydrogen) atoms. The Morgan fingerprint density at radius 2 is 1.77 bits per heavy atom. The molecule has 5 heteroatoms. The van der Waals surface area contributed by atoms with Gasteiger partial charge in [-0.05, 0) is 42.2 Å². The molecule has 0 spiro atoms. The Labute approximate surface area is 160 Å². The number of hydrogen-bond donors (Lipinski definition) is 1. The number of rotatable bonds is 7. The fourth-order valence-corrected chi connectivity index (χ4v) is 3.07. The number of halogens is 1. The number of nitrogens with zero attached hydrogens (tertiary/aromatic N) is 1. The first-order chi connectivity index (χ1) is 12.5. The van der Waals surface area contributed by atoms with Crippen LogP contribution in [0.1, 0.15) is 30.0 Å². The minimum absolute atomic E-state index is 0.0651. The molecule has 0 fully saturated rings. The molecular formula is C21H25ClN2O2. The molecule has 1 N–H and O–H groups in total. The van der Waals surface area contributed by atoms with Crippen LogP contribution in [-0.2, 0) is 22.6 Å².